The van der Waals surface area contributed by atoms with E-state index in [2.05, 4.69) is 13.2 Å². The molecule has 190 valence electrons. The first kappa shape index (κ1) is 26.8. The van der Waals surface area contributed by atoms with Gasteiger partial charge in [0.05, 0.1) is 29.2 Å². The van der Waals surface area contributed by atoms with Crippen LogP contribution in [0.2, 0.25) is 0 Å². The van der Waals surface area contributed by atoms with E-state index in [-0.39, 0.29) is 36.2 Å². The van der Waals surface area contributed by atoms with Crippen LogP contribution in [0.4, 0.5) is 0 Å². The Bertz CT molecular complexity index is 838. The molecule has 34 heavy (non-hydrogen) atoms. The lowest BCUT2D eigenvalue weighted by Gasteiger charge is -2.43. The van der Waals surface area contributed by atoms with Crippen LogP contribution in [0.5, 0.6) is 0 Å². The van der Waals surface area contributed by atoms with Crippen molar-refractivity contribution in [2.24, 2.45) is 17.8 Å². The molecule has 3 rings (SSSR count). The van der Waals surface area contributed by atoms with Gasteiger partial charge in [-0.2, -0.15) is 0 Å². The molecular formula is C26H40N2O5S. The average Bonchev–Trinajstić information content (AvgIpc) is 3.40. The quantitative estimate of drug-likeness (QED) is 0.373. The molecule has 3 aliphatic rings. The average molecular weight is 493 g/mol. The molecular weight excluding hydrogens is 452 g/mol. The fraction of sp³-hybridized carbons (Fsp3) is 0.731. The zero-order valence-electron chi connectivity index (χ0n) is 21.2. The highest BCUT2D eigenvalue weighted by Crippen LogP contribution is 2.67. The molecule has 0 aromatic carbocycles. The summed E-state index contributed by atoms with van der Waals surface area (Å²) >= 11 is 1.61. The second-order valence-electron chi connectivity index (χ2n) is 11.1. The van der Waals surface area contributed by atoms with Crippen molar-refractivity contribution in [3.63, 3.8) is 0 Å². The molecule has 1 spiro atoms. The van der Waals surface area contributed by atoms with Crippen LogP contribution in [0.15, 0.2) is 25.3 Å². The Balaban J connectivity index is 2.11. The van der Waals surface area contributed by atoms with Crippen molar-refractivity contribution >= 4 is 29.5 Å². The topological polar surface area (TPSA) is 87.1 Å². The number of aliphatic hydroxyl groups excluding tert-OH is 1. The number of aliphatic hydroxyl groups is 1. The number of carbonyl (C=O) groups excluding carboxylic acids is 3. The molecule has 2 amide bonds. The lowest BCUT2D eigenvalue weighted by molar-refractivity contribution is -0.153. The third-order valence-corrected chi connectivity index (χ3v) is 9.27. The third kappa shape index (κ3) is 4.43. The van der Waals surface area contributed by atoms with Gasteiger partial charge in [-0.3, -0.25) is 14.4 Å². The molecule has 1 N–H and O–H groups in total. The van der Waals surface area contributed by atoms with E-state index in [0.717, 1.165) is 6.42 Å². The molecule has 3 heterocycles. The van der Waals surface area contributed by atoms with Gasteiger partial charge in [-0.05, 0) is 46.0 Å². The molecule has 2 bridgehead atoms. The summed E-state index contributed by atoms with van der Waals surface area (Å²) in [6, 6.07) is -1.23. The monoisotopic (exact) mass is 492 g/mol. The molecule has 2 unspecified atom stereocenters. The minimum Gasteiger partial charge on any atom is -0.461 e. The van der Waals surface area contributed by atoms with Gasteiger partial charge in [0.15, 0.2) is 0 Å². The highest BCUT2D eigenvalue weighted by molar-refractivity contribution is 8.02. The maximum absolute atomic E-state index is 14.3. The third-order valence-electron chi connectivity index (χ3n) is 7.32. The molecule has 0 radical (unpaired) electrons. The summed E-state index contributed by atoms with van der Waals surface area (Å²) in [5, 5.41) is 10.3. The summed E-state index contributed by atoms with van der Waals surface area (Å²) in [5.74, 6) is -1.74. The van der Waals surface area contributed by atoms with Gasteiger partial charge in [0.2, 0.25) is 11.8 Å². The molecule has 0 aromatic rings. The van der Waals surface area contributed by atoms with Gasteiger partial charge < -0.3 is 19.6 Å². The van der Waals surface area contributed by atoms with E-state index in [0.29, 0.717) is 19.4 Å². The number of esters is 1. The minimum atomic E-state index is -0.743. The molecule has 7 nitrogen and oxygen atoms in total. The van der Waals surface area contributed by atoms with Crippen molar-refractivity contribution in [3.05, 3.63) is 25.3 Å². The smallest absolute Gasteiger partial charge is 0.311 e. The number of rotatable bonds is 10. The lowest BCUT2D eigenvalue weighted by atomic mass is 9.71. The molecule has 0 aromatic heterocycles. The summed E-state index contributed by atoms with van der Waals surface area (Å²) in [6.45, 7) is 17.6. The molecule has 0 saturated carbocycles. The molecule has 3 saturated heterocycles. The number of nitrogens with zero attached hydrogens (tertiary/aromatic N) is 2. The maximum atomic E-state index is 14.3. The van der Waals surface area contributed by atoms with Crippen LogP contribution in [0.3, 0.4) is 0 Å². The zero-order chi connectivity index (χ0) is 25.4. The molecule has 0 aliphatic carbocycles. The van der Waals surface area contributed by atoms with Gasteiger partial charge in [-0.15, -0.1) is 18.3 Å². The second kappa shape index (κ2) is 10.1. The van der Waals surface area contributed by atoms with Crippen molar-refractivity contribution in [1.82, 2.24) is 9.80 Å². The first-order chi connectivity index (χ1) is 15.9. The van der Waals surface area contributed by atoms with Crippen LogP contribution in [-0.2, 0) is 19.1 Å². The number of likely N-dealkylation sites (tertiary alicyclic amines) is 1. The van der Waals surface area contributed by atoms with Gasteiger partial charge >= 0.3 is 5.97 Å². The highest BCUT2D eigenvalue weighted by Gasteiger charge is 2.75. The van der Waals surface area contributed by atoms with E-state index < -0.39 is 40.2 Å². The summed E-state index contributed by atoms with van der Waals surface area (Å²) < 4.78 is 4.70. The van der Waals surface area contributed by atoms with Gasteiger partial charge in [0, 0.05) is 17.3 Å². The van der Waals surface area contributed by atoms with Crippen LogP contribution in [0, 0.1) is 17.8 Å². The number of hydrogen-bond donors (Lipinski definition) is 1. The fourth-order valence-corrected chi connectivity index (χ4v) is 8.25. The van der Waals surface area contributed by atoms with E-state index in [9.17, 15) is 19.5 Å². The second-order valence-corrected chi connectivity index (χ2v) is 12.7. The predicted octanol–water partition coefficient (Wildman–Crippen LogP) is 3.03. The van der Waals surface area contributed by atoms with Crippen LogP contribution in [0.25, 0.3) is 0 Å². The summed E-state index contributed by atoms with van der Waals surface area (Å²) in [6.07, 6.45) is 5.23. The standard InChI is InChI=1S/C26H40N2O5S/c1-8-12-27(25(5,6)7)23(31)21-26-11-10-18(34-26)19(24(32)33-13-9-2)20(26)22(30)28(21)17(15-29)14-16(3)4/h8-9,16-21,29H,1-2,10-15H2,3-7H3/t17-,18-,19+,20+,21?,26?/m1/s1. The van der Waals surface area contributed by atoms with Crippen LogP contribution in [0.1, 0.15) is 53.9 Å². The van der Waals surface area contributed by atoms with E-state index in [1.165, 1.54) is 6.08 Å². The van der Waals surface area contributed by atoms with E-state index >= 15 is 0 Å². The number of thioether (sulfide) groups is 1. The Labute approximate surface area is 208 Å². The molecule has 6 atom stereocenters. The summed E-state index contributed by atoms with van der Waals surface area (Å²) in [7, 11) is 0. The van der Waals surface area contributed by atoms with Crippen molar-refractivity contribution in [2.45, 2.75) is 81.5 Å². The van der Waals surface area contributed by atoms with Crippen LogP contribution >= 0.6 is 11.8 Å². The predicted molar refractivity (Wildman–Crippen MR) is 134 cm³/mol. The molecule has 3 aliphatic heterocycles. The van der Waals surface area contributed by atoms with Crippen molar-refractivity contribution in [2.75, 3.05) is 19.8 Å². The van der Waals surface area contributed by atoms with E-state index in [4.69, 9.17) is 4.74 Å². The maximum Gasteiger partial charge on any atom is 0.311 e. The van der Waals surface area contributed by atoms with E-state index in [1.807, 2.05) is 34.6 Å². The Morgan fingerprint density at radius 3 is 2.53 bits per heavy atom. The Hall–Kier alpha value is -1.80. The number of carbonyl (C=O) groups is 3. The van der Waals surface area contributed by atoms with Crippen molar-refractivity contribution in [1.29, 1.82) is 0 Å². The first-order valence-corrected chi connectivity index (χ1v) is 13.1. The van der Waals surface area contributed by atoms with Crippen LogP contribution < -0.4 is 0 Å². The normalized spacial score (nSPS) is 30.9. The van der Waals surface area contributed by atoms with Crippen LogP contribution in [-0.4, -0.2) is 80.1 Å². The largest absolute Gasteiger partial charge is 0.461 e. The van der Waals surface area contributed by atoms with E-state index in [1.54, 1.807) is 27.6 Å². The van der Waals surface area contributed by atoms with Gasteiger partial charge in [-0.1, -0.05) is 32.6 Å². The van der Waals surface area contributed by atoms with Crippen molar-refractivity contribution in [3.8, 4) is 0 Å². The lowest BCUT2D eigenvalue weighted by Crippen LogP contribution is -2.60. The number of fused-ring (bicyclic) bond motifs is 1. The SMILES string of the molecule is C=CCOC(=O)[C@@H]1[C@H]2C(=O)N([C@@H](CO)CC(C)C)C(C(=O)N(CC=C)C(C)(C)C)C23CC[C@H]1S3. The first-order valence-electron chi connectivity index (χ1n) is 12.2. The Morgan fingerprint density at radius 2 is 2.00 bits per heavy atom. The zero-order valence-corrected chi connectivity index (χ0v) is 22.0. The summed E-state index contributed by atoms with van der Waals surface area (Å²) in [4.78, 5) is 44.8. The number of amides is 2. The number of ether oxygens (including phenoxy) is 1. The van der Waals surface area contributed by atoms with Gasteiger partial charge in [0.1, 0.15) is 12.6 Å². The molecule has 3 fully saturated rings. The fourth-order valence-electron chi connectivity index (χ4n) is 6.06. The minimum absolute atomic E-state index is 0.0520. The van der Waals surface area contributed by atoms with Gasteiger partial charge in [-0.25, -0.2) is 0 Å². The molecule has 8 heteroatoms. The number of hydrogen-bond acceptors (Lipinski definition) is 6. The van der Waals surface area contributed by atoms with Crippen molar-refractivity contribution < 1.29 is 24.2 Å². The van der Waals surface area contributed by atoms with Gasteiger partial charge in [0.25, 0.3) is 0 Å². The summed E-state index contributed by atoms with van der Waals surface area (Å²) in [5.41, 5.74) is -0.481. The highest BCUT2D eigenvalue weighted by atomic mass is 32.2. The Morgan fingerprint density at radius 1 is 1.32 bits per heavy atom. The Kier molecular flexibility index (Phi) is 7.92.